The van der Waals surface area contributed by atoms with Gasteiger partial charge in [-0.05, 0) is 37.5 Å². The number of piperazine rings is 1. The molecule has 0 aromatic heterocycles. The van der Waals surface area contributed by atoms with E-state index in [1.54, 1.807) is 0 Å². The maximum Gasteiger partial charge on any atom is 0.104 e. The Morgan fingerprint density at radius 2 is 1.88 bits per heavy atom. The van der Waals surface area contributed by atoms with Gasteiger partial charge in [0.1, 0.15) is 6.10 Å². The number of aliphatic hydroxyl groups is 1. The summed E-state index contributed by atoms with van der Waals surface area (Å²) in [5.74, 6) is 0.676. The summed E-state index contributed by atoms with van der Waals surface area (Å²) in [5, 5.41) is 10.5. The molecule has 3 atom stereocenters. The first-order valence-corrected chi connectivity index (χ1v) is 12.7. The van der Waals surface area contributed by atoms with Crippen LogP contribution in [0.1, 0.15) is 53.9 Å². The zero-order chi connectivity index (χ0) is 23.4. The van der Waals surface area contributed by atoms with E-state index >= 15 is 0 Å². The minimum Gasteiger partial charge on any atom is -0.389 e. The van der Waals surface area contributed by atoms with Crippen molar-refractivity contribution in [1.82, 2.24) is 9.80 Å². The van der Waals surface area contributed by atoms with E-state index in [0.717, 1.165) is 71.7 Å². The zero-order valence-corrected chi connectivity index (χ0v) is 21.4. The smallest absolute Gasteiger partial charge is 0.104 e. The van der Waals surface area contributed by atoms with E-state index in [1.807, 2.05) is 0 Å². The molecule has 0 amide bonds. The summed E-state index contributed by atoms with van der Waals surface area (Å²) in [6.45, 7) is 21.1. The average molecular weight is 456 g/mol. The molecule has 7 heteroatoms. The van der Waals surface area contributed by atoms with E-state index < -0.39 is 6.10 Å². The molecule has 188 valence electrons. The third-order valence-corrected chi connectivity index (χ3v) is 6.61. The molecule has 2 heterocycles. The van der Waals surface area contributed by atoms with Crippen molar-refractivity contribution in [3.8, 4) is 0 Å². The van der Waals surface area contributed by atoms with Gasteiger partial charge in [0.05, 0.1) is 39.1 Å². The number of hydrogen-bond acceptors (Lipinski definition) is 7. The van der Waals surface area contributed by atoms with E-state index in [-0.39, 0.29) is 5.41 Å². The summed E-state index contributed by atoms with van der Waals surface area (Å²) in [5.41, 5.74) is 1.35. The van der Waals surface area contributed by atoms with E-state index in [9.17, 15) is 5.11 Å². The lowest BCUT2D eigenvalue weighted by Gasteiger charge is -2.35. The summed E-state index contributed by atoms with van der Waals surface area (Å²) in [6, 6.07) is 0. The van der Waals surface area contributed by atoms with Crippen molar-refractivity contribution >= 4 is 5.71 Å². The molecule has 2 fully saturated rings. The van der Waals surface area contributed by atoms with Gasteiger partial charge in [0.2, 0.25) is 0 Å². The molecule has 7 nitrogen and oxygen atoms in total. The van der Waals surface area contributed by atoms with Crippen LogP contribution in [0.4, 0.5) is 0 Å². The van der Waals surface area contributed by atoms with Crippen molar-refractivity contribution < 1.29 is 19.3 Å². The molecule has 3 unspecified atom stereocenters. The number of β-amino-alcohol motifs (C(OH)–C–C–N with tert-alkyl or cyclic N) is 1. The van der Waals surface area contributed by atoms with Crippen molar-refractivity contribution in [2.24, 2.45) is 16.3 Å². The van der Waals surface area contributed by atoms with Crippen molar-refractivity contribution in [3.05, 3.63) is 0 Å². The SMILES string of the molecule is CCC(C)(CCOCC1CO1)COCC(O)CN1CCN(CCN=C(C)CC(C)C)CC1. The minimum absolute atomic E-state index is 0.0890. The van der Waals surface area contributed by atoms with Crippen LogP contribution < -0.4 is 0 Å². The second kappa shape index (κ2) is 14.6. The average Bonchev–Trinajstić information content (AvgIpc) is 3.56. The van der Waals surface area contributed by atoms with Gasteiger partial charge in [-0.1, -0.05) is 27.7 Å². The molecule has 0 aromatic rings. The number of ether oxygens (including phenoxy) is 3. The Labute approximate surface area is 196 Å². The van der Waals surface area contributed by atoms with Gasteiger partial charge in [0, 0.05) is 51.6 Å². The Balaban J connectivity index is 1.53. The Morgan fingerprint density at radius 3 is 2.50 bits per heavy atom. The largest absolute Gasteiger partial charge is 0.389 e. The number of aliphatic imine (C=N–C) groups is 1. The summed E-state index contributed by atoms with van der Waals surface area (Å²) < 4.78 is 16.8. The summed E-state index contributed by atoms with van der Waals surface area (Å²) >= 11 is 0. The van der Waals surface area contributed by atoms with Crippen molar-refractivity contribution in [3.63, 3.8) is 0 Å². The van der Waals surface area contributed by atoms with Crippen LogP contribution in [0.5, 0.6) is 0 Å². The molecule has 2 saturated heterocycles. The van der Waals surface area contributed by atoms with E-state index in [2.05, 4.69) is 44.4 Å². The third kappa shape index (κ3) is 12.1. The fourth-order valence-corrected chi connectivity index (χ4v) is 4.07. The molecule has 0 saturated carbocycles. The van der Waals surface area contributed by atoms with Crippen LogP contribution in [0, 0.1) is 11.3 Å². The minimum atomic E-state index is -0.436. The van der Waals surface area contributed by atoms with Gasteiger partial charge >= 0.3 is 0 Å². The summed E-state index contributed by atoms with van der Waals surface area (Å²) in [4.78, 5) is 9.55. The highest BCUT2D eigenvalue weighted by molar-refractivity contribution is 5.82. The second-order valence-electron chi connectivity index (χ2n) is 10.5. The van der Waals surface area contributed by atoms with Crippen LogP contribution in [0.3, 0.4) is 0 Å². The number of aliphatic hydroxyl groups excluding tert-OH is 1. The van der Waals surface area contributed by atoms with E-state index in [0.29, 0.717) is 38.4 Å². The molecular weight excluding hydrogens is 406 g/mol. The molecule has 0 radical (unpaired) electrons. The first-order valence-electron chi connectivity index (χ1n) is 12.7. The lowest BCUT2D eigenvalue weighted by atomic mass is 9.85. The summed E-state index contributed by atoms with van der Waals surface area (Å²) in [6.07, 6.45) is 2.98. The Bertz CT molecular complexity index is 533. The van der Waals surface area contributed by atoms with Crippen LogP contribution in [0.2, 0.25) is 0 Å². The highest BCUT2D eigenvalue weighted by atomic mass is 16.6. The van der Waals surface area contributed by atoms with Crippen LogP contribution in [0.15, 0.2) is 4.99 Å². The number of hydrogen-bond donors (Lipinski definition) is 1. The standard InChI is InChI=1S/C25H49N3O4/c1-6-25(5,7-14-30-18-24-19-32-24)20-31-17-23(29)16-28-12-10-27(11-13-28)9-8-26-22(4)15-21(2)3/h21,23-24,29H,6-20H2,1-5H3. The molecule has 2 aliphatic heterocycles. The van der Waals surface area contributed by atoms with Crippen LogP contribution >= 0.6 is 0 Å². The molecule has 0 aliphatic carbocycles. The lowest BCUT2D eigenvalue weighted by molar-refractivity contribution is -0.0289. The topological polar surface area (TPSA) is 70.1 Å². The quantitative estimate of drug-likeness (QED) is 0.207. The van der Waals surface area contributed by atoms with Crippen LogP contribution in [0.25, 0.3) is 0 Å². The van der Waals surface area contributed by atoms with E-state index in [4.69, 9.17) is 19.2 Å². The lowest BCUT2D eigenvalue weighted by Crippen LogP contribution is -2.49. The molecule has 0 bridgehead atoms. The fraction of sp³-hybridized carbons (Fsp3) is 0.960. The monoisotopic (exact) mass is 455 g/mol. The molecule has 2 rings (SSSR count). The molecule has 1 N–H and O–H groups in total. The highest BCUT2D eigenvalue weighted by Crippen LogP contribution is 2.26. The van der Waals surface area contributed by atoms with Gasteiger partial charge in [-0.25, -0.2) is 0 Å². The fourth-order valence-electron chi connectivity index (χ4n) is 4.07. The molecule has 0 aromatic carbocycles. The van der Waals surface area contributed by atoms with Gasteiger partial charge in [-0.15, -0.1) is 0 Å². The maximum absolute atomic E-state index is 10.5. The molecule has 0 spiro atoms. The van der Waals surface area contributed by atoms with Gasteiger partial charge in [0.25, 0.3) is 0 Å². The summed E-state index contributed by atoms with van der Waals surface area (Å²) in [7, 11) is 0. The number of nitrogens with zero attached hydrogens (tertiary/aromatic N) is 3. The van der Waals surface area contributed by atoms with Crippen molar-refractivity contribution in [1.29, 1.82) is 0 Å². The predicted octanol–water partition coefficient (Wildman–Crippen LogP) is 2.71. The number of rotatable bonds is 17. The molecular formula is C25H49N3O4. The normalized spacial score (nSPS) is 23.5. The van der Waals surface area contributed by atoms with Crippen molar-refractivity contribution in [2.45, 2.75) is 66.1 Å². The van der Waals surface area contributed by atoms with Gasteiger partial charge in [-0.2, -0.15) is 0 Å². The number of epoxide rings is 1. The van der Waals surface area contributed by atoms with Crippen LogP contribution in [-0.4, -0.2) is 112 Å². The van der Waals surface area contributed by atoms with E-state index in [1.165, 1.54) is 5.71 Å². The molecule has 2 aliphatic rings. The van der Waals surface area contributed by atoms with Crippen molar-refractivity contribution in [2.75, 3.05) is 78.8 Å². The third-order valence-electron chi connectivity index (χ3n) is 6.61. The predicted molar refractivity (Wildman–Crippen MR) is 131 cm³/mol. The zero-order valence-electron chi connectivity index (χ0n) is 21.4. The van der Waals surface area contributed by atoms with Crippen LogP contribution in [-0.2, 0) is 14.2 Å². The Hall–Kier alpha value is -0.570. The molecule has 32 heavy (non-hydrogen) atoms. The Morgan fingerprint density at radius 1 is 1.19 bits per heavy atom. The first-order chi connectivity index (χ1) is 15.3. The first kappa shape index (κ1) is 27.7. The van der Waals surface area contributed by atoms with Gasteiger partial charge in [0.15, 0.2) is 0 Å². The second-order valence-corrected chi connectivity index (χ2v) is 10.5. The van der Waals surface area contributed by atoms with Gasteiger partial charge < -0.3 is 19.3 Å². The maximum atomic E-state index is 10.5. The Kier molecular flexibility index (Phi) is 12.7. The van der Waals surface area contributed by atoms with Gasteiger partial charge in [-0.3, -0.25) is 14.8 Å². The highest BCUT2D eigenvalue weighted by Gasteiger charge is 2.26.